The Labute approximate surface area is 86.7 Å². The molecule has 0 aliphatic rings. The predicted octanol–water partition coefficient (Wildman–Crippen LogP) is 1.63. The second-order valence-corrected chi connectivity index (χ2v) is 2.96. The molecule has 0 unspecified atom stereocenters. The molecule has 0 aliphatic heterocycles. The quantitative estimate of drug-likeness (QED) is 0.793. The van der Waals surface area contributed by atoms with Crippen LogP contribution in [0.4, 0.5) is 10.5 Å². The van der Waals surface area contributed by atoms with E-state index in [9.17, 15) is 9.59 Å². The predicted molar refractivity (Wildman–Crippen MR) is 53.8 cm³/mol. The Kier molecular flexibility index (Phi) is 3.68. The summed E-state index contributed by atoms with van der Waals surface area (Å²) in [7, 11) is 0. The third-order valence-electron chi connectivity index (χ3n) is 1.62. The number of carbonyl (C=O) groups is 2. The first-order chi connectivity index (χ1) is 7.08. The Morgan fingerprint density at radius 3 is 2.47 bits per heavy atom. The van der Waals surface area contributed by atoms with E-state index in [2.05, 4.69) is 10.1 Å². The minimum absolute atomic E-state index is 0.566. The van der Waals surface area contributed by atoms with Crippen LogP contribution in [0.25, 0.3) is 0 Å². The van der Waals surface area contributed by atoms with Crippen LogP contribution >= 0.6 is 0 Å². The van der Waals surface area contributed by atoms with Crippen LogP contribution < -0.4 is 5.32 Å². The van der Waals surface area contributed by atoms with Gasteiger partial charge in [0.2, 0.25) is 0 Å². The van der Waals surface area contributed by atoms with Gasteiger partial charge in [0.25, 0.3) is 0 Å². The summed E-state index contributed by atoms with van der Waals surface area (Å²) >= 11 is 0. The molecule has 0 atom stereocenters. The highest BCUT2D eigenvalue weighted by Crippen LogP contribution is 2.08. The van der Waals surface area contributed by atoms with Gasteiger partial charge >= 0.3 is 12.1 Å². The van der Waals surface area contributed by atoms with E-state index in [0.717, 1.165) is 5.56 Å². The molecule has 1 aromatic carbocycles. The fourth-order valence-corrected chi connectivity index (χ4v) is 0.918. The molecule has 0 aliphatic carbocycles. The molecule has 0 fully saturated rings. The first-order valence-electron chi connectivity index (χ1n) is 4.30. The Balaban J connectivity index is 2.44. The lowest BCUT2D eigenvalue weighted by molar-refractivity contribution is -0.140. The minimum Gasteiger partial charge on any atom is -0.479 e. The van der Waals surface area contributed by atoms with Crippen molar-refractivity contribution in [1.82, 2.24) is 0 Å². The standard InChI is InChI=1S/C10H11NO4/c1-7-2-4-8(5-3-7)11-10(14)15-6-9(12)13/h2-5H,6H2,1H3,(H,11,14)(H,12,13). The van der Waals surface area contributed by atoms with Crippen molar-refractivity contribution in [2.75, 3.05) is 11.9 Å². The molecule has 1 aromatic rings. The summed E-state index contributed by atoms with van der Waals surface area (Å²) in [5.41, 5.74) is 1.63. The van der Waals surface area contributed by atoms with Gasteiger partial charge in [0, 0.05) is 5.69 Å². The molecule has 0 bridgehead atoms. The Morgan fingerprint density at radius 1 is 1.33 bits per heavy atom. The van der Waals surface area contributed by atoms with Crippen LogP contribution in [0.2, 0.25) is 0 Å². The van der Waals surface area contributed by atoms with Crippen LogP contribution in [0.15, 0.2) is 24.3 Å². The van der Waals surface area contributed by atoms with Crippen molar-refractivity contribution in [3.63, 3.8) is 0 Å². The van der Waals surface area contributed by atoms with Gasteiger partial charge in [-0.05, 0) is 19.1 Å². The first-order valence-corrected chi connectivity index (χ1v) is 4.30. The van der Waals surface area contributed by atoms with Crippen molar-refractivity contribution in [3.8, 4) is 0 Å². The number of carboxylic acids is 1. The number of anilines is 1. The monoisotopic (exact) mass is 209 g/mol. The molecule has 0 spiro atoms. The van der Waals surface area contributed by atoms with E-state index in [-0.39, 0.29) is 0 Å². The number of hydrogen-bond acceptors (Lipinski definition) is 3. The molecule has 0 saturated carbocycles. The number of aryl methyl sites for hydroxylation is 1. The Hall–Kier alpha value is -2.04. The van der Waals surface area contributed by atoms with Crippen molar-refractivity contribution < 1.29 is 19.4 Å². The SMILES string of the molecule is Cc1ccc(NC(=O)OCC(=O)O)cc1. The average molecular weight is 209 g/mol. The zero-order valence-electron chi connectivity index (χ0n) is 8.19. The fraction of sp³-hybridized carbons (Fsp3) is 0.200. The summed E-state index contributed by atoms with van der Waals surface area (Å²) in [6, 6.07) is 7.06. The minimum atomic E-state index is -1.19. The van der Waals surface area contributed by atoms with E-state index in [4.69, 9.17) is 5.11 Å². The molecule has 0 aromatic heterocycles. The van der Waals surface area contributed by atoms with Crippen LogP contribution in [0.5, 0.6) is 0 Å². The van der Waals surface area contributed by atoms with Crippen LogP contribution in [-0.2, 0) is 9.53 Å². The van der Waals surface area contributed by atoms with Gasteiger partial charge in [-0.15, -0.1) is 0 Å². The van der Waals surface area contributed by atoms with Crippen molar-refractivity contribution in [1.29, 1.82) is 0 Å². The number of carbonyl (C=O) groups excluding carboxylic acids is 1. The number of ether oxygens (including phenoxy) is 1. The highest BCUT2D eigenvalue weighted by Gasteiger charge is 2.05. The van der Waals surface area contributed by atoms with Gasteiger partial charge in [0.15, 0.2) is 6.61 Å². The Bertz CT molecular complexity index is 358. The number of amides is 1. The number of hydrogen-bond donors (Lipinski definition) is 2. The van der Waals surface area contributed by atoms with Crippen LogP contribution in [-0.4, -0.2) is 23.8 Å². The normalized spacial score (nSPS) is 9.40. The average Bonchev–Trinajstić information content (AvgIpc) is 2.19. The molecule has 1 rings (SSSR count). The van der Waals surface area contributed by atoms with Crippen molar-refractivity contribution in [2.45, 2.75) is 6.92 Å². The van der Waals surface area contributed by atoms with Gasteiger partial charge < -0.3 is 9.84 Å². The molecular formula is C10H11NO4. The summed E-state index contributed by atoms with van der Waals surface area (Å²) in [6.07, 6.45) is -0.777. The third-order valence-corrected chi connectivity index (χ3v) is 1.62. The largest absolute Gasteiger partial charge is 0.479 e. The molecule has 0 saturated heterocycles. The van der Waals surface area contributed by atoms with E-state index in [1.165, 1.54) is 0 Å². The summed E-state index contributed by atoms with van der Waals surface area (Å²) in [5, 5.41) is 10.7. The van der Waals surface area contributed by atoms with E-state index in [1.807, 2.05) is 19.1 Å². The molecule has 2 N–H and O–H groups in total. The van der Waals surface area contributed by atoms with Crippen molar-refractivity contribution in [2.24, 2.45) is 0 Å². The second-order valence-electron chi connectivity index (χ2n) is 2.96. The second kappa shape index (κ2) is 4.99. The van der Waals surface area contributed by atoms with Gasteiger partial charge in [-0.25, -0.2) is 9.59 Å². The molecule has 15 heavy (non-hydrogen) atoms. The van der Waals surface area contributed by atoms with Crippen LogP contribution in [0, 0.1) is 6.92 Å². The zero-order chi connectivity index (χ0) is 11.3. The van der Waals surface area contributed by atoms with Gasteiger partial charge in [-0.1, -0.05) is 17.7 Å². The van der Waals surface area contributed by atoms with Crippen LogP contribution in [0.3, 0.4) is 0 Å². The molecular weight excluding hydrogens is 198 g/mol. The maximum atomic E-state index is 11.0. The molecule has 5 nitrogen and oxygen atoms in total. The van der Waals surface area contributed by atoms with Crippen molar-refractivity contribution in [3.05, 3.63) is 29.8 Å². The number of nitrogens with one attached hydrogen (secondary N) is 1. The third kappa shape index (κ3) is 4.12. The summed E-state index contributed by atoms with van der Waals surface area (Å²) in [6.45, 7) is 1.28. The highest BCUT2D eigenvalue weighted by molar-refractivity contribution is 5.86. The summed E-state index contributed by atoms with van der Waals surface area (Å²) in [4.78, 5) is 21.1. The van der Waals surface area contributed by atoms with E-state index in [1.54, 1.807) is 12.1 Å². The molecule has 0 radical (unpaired) electrons. The molecule has 0 heterocycles. The van der Waals surface area contributed by atoms with Gasteiger partial charge in [-0.3, -0.25) is 5.32 Å². The Morgan fingerprint density at radius 2 is 1.93 bits per heavy atom. The summed E-state index contributed by atoms with van der Waals surface area (Å²) in [5.74, 6) is -1.19. The van der Waals surface area contributed by atoms with Gasteiger partial charge in [0.05, 0.1) is 0 Å². The lowest BCUT2D eigenvalue weighted by Gasteiger charge is -2.04. The lowest BCUT2D eigenvalue weighted by atomic mass is 10.2. The molecule has 1 amide bonds. The number of rotatable bonds is 3. The van der Waals surface area contributed by atoms with Gasteiger partial charge in [0.1, 0.15) is 0 Å². The maximum Gasteiger partial charge on any atom is 0.412 e. The van der Waals surface area contributed by atoms with Crippen molar-refractivity contribution >= 4 is 17.7 Å². The number of carboxylic acid groups (broad SMARTS) is 1. The first kappa shape index (κ1) is 11.0. The zero-order valence-corrected chi connectivity index (χ0v) is 8.19. The fourth-order valence-electron chi connectivity index (χ4n) is 0.918. The lowest BCUT2D eigenvalue weighted by Crippen LogP contribution is -2.18. The smallest absolute Gasteiger partial charge is 0.412 e. The number of benzene rings is 1. The van der Waals surface area contributed by atoms with Crippen LogP contribution in [0.1, 0.15) is 5.56 Å². The topological polar surface area (TPSA) is 75.6 Å². The highest BCUT2D eigenvalue weighted by atomic mass is 16.6. The van der Waals surface area contributed by atoms with E-state index < -0.39 is 18.7 Å². The summed E-state index contributed by atoms with van der Waals surface area (Å²) < 4.78 is 4.39. The maximum absolute atomic E-state index is 11.0. The molecule has 5 heteroatoms. The van der Waals surface area contributed by atoms with E-state index >= 15 is 0 Å². The van der Waals surface area contributed by atoms with Gasteiger partial charge in [-0.2, -0.15) is 0 Å². The van der Waals surface area contributed by atoms with E-state index in [0.29, 0.717) is 5.69 Å². The molecule has 80 valence electrons. The number of aliphatic carboxylic acids is 1.